The zero-order valence-electron chi connectivity index (χ0n) is 19.4. The van der Waals surface area contributed by atoms with E-state index in [0.29, 0.717) is 28.0 Å². The first kappa shape index (κ1) is 24.0. The molecule has 4 aromatic rings. The third kappa shape index (κ3) is 5.20. The van der Waals surface area contributed by atoms with Crippen molar-refractivity contribution >= 4 is 45.8 Å². The van der Waals surface area contributed by atoms with Crippen LogP contribution in [0.3, 0.4) is 0 Å². The summed E-state index contributed by atoms with van der Waals surface area (Å²) in [5.41, 5.74) is 2.28. The van der Waals surface area contributed by atoms with Gasteiger partial charge in [-0.05, 0) is 43.7 Å². The van der Waals surface area contributed by atoms with Crippen molar-refractivity contribution in [1.82, 2.24) is 0 Å². The lowest BCUT2D eigenvalue weighted by Crippen LogP contribution is -2.21. The van der Waals surface area contributed by atoms with Gasteiger partial charge in [0, 0.05) is 15.8 Å². The van der Waals surface area contributed by atoms with Gasteiger partial charge in [0.15, 0.2) is 6.61 Å². The van der Waals surface area contributed by atoms with Crippen molar-refractivity contribution in [3.8, 4) is 16.2 Å². The van der Waals surface area contributed by atoms with Crippen LogP contribution in [-0.4, -0.2) is 38.2 Å². The number of nitrogens with one attached hydrogen (secondary N) is 1. The maximum absolute atomic E-state index is 12.6. The highest BCUT2D eigenvalue weighted by molar-refractivity contribution is 7.18. The number of methoxy groups -OCH3 is 1. The Bertz CT molecular complexity index is 1390. The van der Waals surface area contributed by atoms with Crippen molar-refractivity contribution in [1.29, 1.82) is 0 Å². The van der Waals surface area contributed by atoms with Gasteiger partial charge in [0.05, 0.1) is 19.4 Å². The molecule has 2 heterocycles. The monoisotopic (exact) mass is 493 g/mol. The van der Waals surface area contributed by atoms with E-state index in [1.165, 1.54) is 11.3 Å². The SMILES string of the molecule is CCOC(=O)c1sc(-c2ccccc2)cc1NC(=O)COC(=O)c1oc2ccc(OC)cc2c1C. The third-order valence-electron chi connectivity index (χ3n) is 5.19. The predicted octanol–water partition coefficient (Wildman–Crippen LogP) is 5.45. The van der Waals surface area contributed by atoms with Gasteiger partial charge in [-0.2, -0.15) is 0 Å². The molecule has 2 aromatic carbocycles. The fraction of sp³-hybridized carbons (Fsp3) is 0.192. The number of amides is 1. The Morgan fingerprint density at radius 2 is 1.77 bits per heavy atom. The number of benzene rings is 2. The average Bonchev–Trinajstić information content (AvgIpc) is 3.44. The maximum atomic E-state index is 12.6. The van der Waals surface area contributed by atoms with Gasteiger partial charge in [-0.1, -0.05) is 30.3 Å². The number of ether oxygens (including phenoxy) is 3. The van der Waals surface area contributed by atoms with Gasteiger partial charge in [0.25, 0.3) is 5.91 Å². The van der Waals surface area contributed by atoms with Crippen LogP contribution in [0.15, 0.2) is 59.0 Å². The fourth-order valence-corrected chi connectivity index (χ4v) is 4.49. The van der Waals surface area contributed by atoms with Crippen molar-refractivity contribution < 1.29 is 33.0 Å². The van der Waals surface area contributed by atoms with Crippen molar-refractivity contribution in [3.05, 3.63) is 70.8 Å². The van der Waals surface area contributed by atoms with Gasteiger partial charge in [0.2, 0.25) is 5.76 Å². The summed E-state index contributed by atoms with van der Waals surface area (Å²) in [6, 6.07) is 16.3. The van der Waals surface area contributed by atoms with Gasteiger partial charge in [0.1, 0.15) is 16.2 Å². The molecule has 0 saturated carbocycles. The standard InChI is InChI=1S/C26H23NO7S/c1-4-32-26(30)24-19(13-21(35-24)16-8-6-5-7-9-16)27-22(28)14-33-25(29)23-15(2)18-12-17(31-3)10-11-20(18)34-23/h5-13H,4,14H2,1-3H3,(H,27,28). The minimum atomic E-state index is -0.770. The van der Waals surface area contributed by atoms with E-state index in [9.17, 15) is 14.4 Å². The highest BCUT2D eigenvalue weighted by Crippen LogP contribution is 2.35. The van der Waals surface area contributed by atoms with Crippen LogP contribution in [0.5, 0.6) is 5.75 Å². The summed E-state index contributed by atoms with van der Waals surface area (Å²) in [6.07, 6.45) is 0. The van der Waals surface area contributed by atoms with Gasteiger partial charge >= 0.3 is 11.9 Å². The molecule has 0 unspecified atom stereocenters. The smallest absolute Gasteiger partial charge is 0.375 e. The zero-order valence-corrected chi connectivity index (χ0v) is 20.2. The Hall–Kier alpha value is -4.11. The number of carbonyl (C=O) groups is 3. The molecule has 0 spiro atoms. The summed E-state index contributed by atoms with van der Waals surface area (Å²) in [5, 5.41) is 3.36. The maximum Gasteiger partial charge on any atom is 0.375 e. The largest absolute Gasteiger partial charge is 0.497 e. The van der Waals surface area contributed by atoms with E-state index in [1.54, 1.807) is 45.2 Å². The normalized spacial score (nSPS) is 10.7. The summed E-state index contributed by atoms with van der Waals surface area (Å²) in [6.45, 7) is 3.07. The highest BCUT2D eigenvalue weighted by atomic mass is 32.1. The Kier molecular flexibility index (Phi) is 7.17. The number of thiophene rings is 1. The summed E-state index contributed by atoms with van der Waals surface area (Å²) >= 11 is 1.21. The number of aryl methyl sites for hydroxylation is 1. The molecule has 0 aliphatic rings. The first-order valence-electron chi connectivity index (χ1n) is 10.8. The van der Waals surface area contributed by atoms with E-state index in [0.717, 1.165) is 10.4 Å². The first-order chi connectivity index (χ1) is 16.9. The van der Waals surface area contributed by atoms with Crippen molar-refractivity contribution in [3.63, 3.8) is 0 Å². The van der Waals surface area contributed by atoms with Crippen LogP contribution in [0.4, 0.5) is 5.69 Å². The molecule has 0 aliphatic heterocycles. The molecule has 2 aromatic heterocycles. The summed E-state index contributed by atoms with van der Waals surface area (Å²) in [7, 11) is 1.55. The quantitative estimate of drug-likeness (QED) is 0.326. The van der Waals surface area contributed by atoms with Gasteiger partial charge in [-0.25, -0.2) is 9.59 Å². The summed E-state index contributed by atoms with van der Waals surface area (Å²) < 4.78 is 21.1. The first-order valence-corrected chi connectivity index (χ1v) is 11.6. The van der Waals surface area contributed by atoms with Crippen LogP contribution in [0.25, 0.3) is 21.4 Å². The van der Waals surface area contributed by atoms with Crippen LogP contribution >= 0.6 is 11.3 Å². The van der Waals surface area contributed by atoms with Crippen LogP contribution in [0.2, 0.25) is 0 Å². The molecule has 1 amide bonds. The highest BCUT2D eigenvalue weighted by Gasteiger charge is 2.23. The summed E-state index contributed by atoms with van der Waals surface area (Å²) in [5.74, 6) is -1.27. The van der Waals surface area contributed by atoms with E-state index in [1.807, 2.05) is 30.3 Å². The van der Waals surface area contributed by atoms with Gasteiger partial charge in [-0.3, -0.25) is 4.79 Å². The lowest BCUT2D eigenvalue weighted by atomic mass is 10.1. The van der Waals surface area contributed by atoms with E-state index >= 15 is 0 Å². The van der Waals surface area contributed by atoms with Crippen LogP contribution in [-0.2, 0) is 14.3 Å². The Balaban J connectivity index is 1.48. The predicted molar refractivity (Wildman–Crippen MR) is 132 cm³/mol. The number of furan rings is 1. The van der Waals surface area contributed by atoms with Gasteiger partial charge < -0.3 is 23.9 Å². The topological polar surface area (TPSA) is 104 Å². The molecule has 0 atom stereocenters. The average molecular weight is 494 g/mol. The molecule has 35 heavy (non-hydrogen) atoms. The van der Waals surface area contributed by atoms with Crippen LogP contribution < -0.4 is 10.1 Å². The lowest BCUT2D eigenvalue weighted by molar-refractivity contribution is -0.119. The zero-order chi connectivity index (χ0) is 24.9. The van der Waals surface area contributed by atoms with E-state index < -0.39 is 24.5 Å². The molecule has 0 bridgehead atoms. The number of fused-ring (bicyclic) bond motifs is 1. The number of hydrogen-bond acceptors (Lipinski definition) is 8. The number of esters is 2. The van der Waals surface area contributed by atoms with Crippen LogP contribution in [0.1, 0.15) is 32.7 Å². The lowest BCUT2D eigenvalue weighted by Gasteiger charge is -2.07. The number of anilines is 1. The third-order valence-corrected chi connectivity index (χ3v) is 6.35. The van der Waals surface area contributed by atoms with E-state index in [4.69, 9.17) is 18.6 Å². The second-order valence-electron chi connectivity index (χ2n) is 7.48. The fourth-order valence-electron chi connectivity index (χ4n) is 3.48. The molecule has 9 heteroatoms. The molecule has 0 saturated heterocycles. The number of hydrogen-bond donors (Lipinski definition) is 1. The second kappa shape index (κ2) is 10.4. The Labute approximate surface area is 205 Å². The molecular weight excluding hydrogens is 470 g/mol. The summed E-state index contributed by atoms with van der Waals surface area (Å²) in [4.78, 5) is 38.7. The van der Waals surface area contributed by atoms with Crippen molar-refractivity contribution in [2.45, 2.75) is 13.8 Å². The minimum absolute atomic E-state index is 0.00941. The molecule has 0 aliphatic carbocycles. The molecule has 0 radical (unpaired) electrons. The molecule has 180 valence electrons. The second-order valence-corrected chi connectivity index (χ2v) is 8.53. The van der Waals surface area contributed by atoms with Crippen molar-refractivity contribution in [2.75, 3.05) is 25.6 Å². The Morgan fingerprint density at radius 1 is 1.00 bits per heavy atom. The molecular formula is C26H23NO7S. The minimum Gasteiger partial charge on any atom is -0.497 e. The molecule has 4 rings (SSSR count). The molecule has 0 fully saturated rings. The van der Waals surface area contributed by atoms with E-state index in [-0.39, 0.29) is 17.2 Å². The number of rotatable bonds is 8. The molecule has 8 nitrogen and oxygen atoms in total. The molecule has 1 N–H and O–H groups in total. The Morgan fingerprint density at radius 3 is 2.49 bits per heavy atom. The van der Waals surface area contributed by atoms with Crippen molar-refractivity contribution in [2.24, 2.45) is 0 Å². The number of carbonyl (C=O) groups excluding carboxylic acids is 3. The van der Waals surface area contributed by atoms with E-state index in [2.05, 4.69) is 5.32 Å². The van der Waals surface area contributed by atoms with Crippen LogP contribution in [0, 0.1) is 6.92 Å². The van der Waals surface area contributed by atoms with Gasteiger partial charge in [-0.15, -0.1) is 11.3 Å².